The number of halogens is 1. The Bertz CT molecular complexity index is 1140. The van der Waals surface area contributed by atoms with Gasteiger partial charge >= 0.3 is 0 Å². The van der Waals surface area contributed by atoms with Crippen LogP contribution in [0.25, 0.3) is 0 Å². The van der Waals surface area contributed by atoms with Crippen molar-refractivity contribution in [1.82, 2.24) is 0 Å². The van der Waals surface area contributed by atoms with Gasteiger partial charge in [-0.3, -0.25) is 5.41 Å². The molecule has 0 aliphatic carbocycles. The molecule has 0 spiro atoms. The van der Waals surface area contributed by atoms with Crippen molar-refractivity contribution in [2.24, 2.45) is 16.7 Å². The molecule has 2 heterocycles. The van der Waals surface area contributed by atoms with Crippen LogP contribution in [0.3, 0.4) is 0 Å². The number of aryl methyl sites for hydroxylation is 1. The monoisotopic (exact) mass is 416 g/mol. The van der Waals surface area contributed by atoms with Crippen LogP contribution in [-0.2, 0) is 15.3 Å². The minimum atomic E-state index is -1.97. The molecule has 4 atom stereocenters. The molecule has 148 valence electrons. The lowest BCUT2D eigenvalue weighted by atomic mass is 9.53. The zero-order valence-corrected chi connectivity index (χ0v) is 17.1. The van der Waals surface area contributed by atoms with Crippen LogP contribution in [0, 0.1) is 63.1 Å². The first-order valence-corrected chi connectivity index (χ1v) is 9.71. The smallest absolute Gasteiger partial charge is 0.244 e. The van der Waals surface area contributed by atoms with Crippen LogP contribution >= 0.6 is 11.6 Å². The minimum Gasteiger partial charge on any atom is -0.443 e. The lowest BCUT2D eigenvalue weighted by molar-refractivity contribution is -0.288. The zero-order chi connectivity index (χ0) is 21.7. The van der Waals surface area contributed by atoms with Crippen LogP contribution in [0.4, 0.5) is 0 Å². The molecular formula is C23H17ClN4O2. The van der Waals surface area contributed by atoms with Gasteiger partial charge in [-0.05, 0) is 24.6 Å². The molecule has 0 amide bonds. The molecule has 4 unspecified atom stereocenters. The average molecular weight is 417 g/mol. The maximum absolute atomic E-state index is 10.3. The van der Waals surface area contributed by atoms with E-state index >= 15 is 0 Å². The van der Waals surface area contributed by atoms with E-state index in [-0.39, 0.29) is 0 Å². The number of nitrogens with zero attached hydrogens (tertiary/aromatic N) is 3. The van der Waals surface area contributed by atoms with E-state index in [1.54, 1.807) is 43.3 Å². The van der Waals surface area contributed by atoms with Crippen molar-refractivity contribution in [2.45, 2.75) is 25.7 Å². The molecule has 2 fully saturated rings. The Kier molecular flexibility index (Phi) is 4.37. The highest BCUT2D eigenvalue weighted by molar-refractivity contribution is 6.30. The second-order valence-electron chi connectivity index (χ2n) is 7.69. The Morgan fingerprint density at radius 2 is 1.57 bits per heavy atom. The van der Waals surface area contributed by atoms with E-state index < -0.39 is 34.5 Å². The molecule has 2 aliphatic heterocycles. The minimum absolute atomic E-state index is 0.440. The van der Waals surface area contributed by atoms with Crippen LogP contribution in [0.15, 0.2) is 48.5 Å². The molecule has 2 saturated heterocycles. The van der Waals surface area contributed by atoms with Gasteiger partial charge in [-0.1, -0.05) is 60.5 Å². The fraction of sp³-hybridized carbons (Fsp3) is 0.304. The van der Waals surface area contributed by atoms with Crippen molar-refractivity contribution in [3.8, 4) is 18.2 Å². The maximum Gasteiger partial charge on any atom is 0.244 e. The SMILES string of the molecule is Cc1ccc(C2OC3(c4ccc(Cl)cc4)OC(=N)C(C#N)(C3C)C2(C#N)C#N)cc1. The van der Waals surface area contributed by atoms with Gasteiger partial charge in [-0.2, -0.15) is 15.8 Å². The van der Waals surface area contributed by atoms with Gasteiger partial charge in [-0.25, -0.2) is 0 Å². The molecule has 2 bridgehead atoms. The van der Waals surface area contributed by atoms with Gasteiger partial charge in [0.15, 0.2) is 5.41 Å². The number of ether oxygens (including phenoxy) is 2. The Balaban J connectivity index is 2.03. The molecule has 4 rings (SSSR count). The highest BCUT2D eigenvalue weighted by Crippen LogP contribution is 2.68. The lowest BCUT2D eigenvalue weighted by Gasteiger charge is -2.48. The molecule has 1 N–H and O–H groups in total. The second kappa shape index (κ2) is 6.57. The first-order valence-electron chi connectivity index (χ1n) is 9.33. The standard InChI is InChI=1S/C23H17ClN4O2/c1-14-3-5-16(6-4-14)19-21(11-25,12-26)22(13-27)15(2)23(29-19,30-20(22)28)17-7-9-18(24)10-8-17/h3-10,15,19,28H,1-2H3. The summed E-state index contributed by atoms with van der Waals surface area (Å²) in [4.78, 5) is 0. The third kappa shape index (κ3) is 2.22. The summed E-state index contributed by atoms with van der Waals surface area (Å²) in [5.41, 5.74) is -1.67. The van der Waals surface area contributed by atoms with Crippen LogP contribution in [0.2, 0.25) is 5.02 Å². The Morgan fingerprint density at radius 3 is 2.10 bits per heavy atom. The van der Waals surface area contributed by atoms with Crippen molar-refractivity contribution in [3.63, 3.8) is 0 Å². The van der Waals surface area contributed by atoms with Crippen molar-refractivity contribution in [3.05, 3.63) is 70.2 Å². The summed E-state index contributed by atoms with van der Waals surface area (Å²) in [5.74, 6) is -2.75. The first-order chi connectivity index (χ1) is 14.3. The van der Waals surface area contributed by atoms with Crippen LogP contribution in [0.5, 0.6) is 0 Å². The summed E-state index contributed by atoms with van der Waals surface area (Å²) < 4.78 is 12.4. The Hall–Kier alpha value is -3.37. The van der Waals surface area contributed by atoms with Crippen molar-refractivity contribution < 1.29 is 9.47 Å². The highest BCUT2D eigenvalue weighted by atomic mass is 35.5. The predicted molar refractivity (Wildman–Crippen MR) is 108 cm³/mol. The van der Waals surface area contributed by atoms with Gasteiger partial charge in [0.1, 0.15) is 6.10 Å². The topological polar surface area (TPSA) is 114 Å². The zero-order valence-electron chi connectivity index (χ0n) is 16.3. The average Bonchev–Trinajstić information content (AvgIpc) is 2.91. The molecule has 2 aromatic rings. The molecule has 0 saturated carbocycles. The number of nitrogens with one attached hydrogen (secondary N) is 1. The number of hydrogen-bond donors (Lipinski definition) is 1. The third-order valence-corrected chi connectivity index (χ3v) is 6.55. The Labute approximate surface area is 179 Å². The van der Waals surface area contributed by atoms with E-state index in [1.807, 2.05) is 31.2 Å². The van der Waals surface area contributed by atoms with Gasteiger partial charge < -0.3 is 9.47 Å². The van der Waals surface area contributed by atoms with Gasteiger partial charge in [0.05, 0.1) is 24.1 Å². The fourth-order valence-electron chi connectivity index (χ4n) is 4.59. The molecular weight excluding hydrogens is 400 g/mol. The van der Waals surface area contributed by atoms with Gasteiger partial charge in [0.25, 0.3) is 0 Å². The summed E-state index contributed by atoms with van der Waals surface area (Å²) in [5, 5.41) is 39.7. The number of nitriles is 3. The van der Waals surface area contributed by atoms with E-state index in [1.165, 1.54) is 0 Å². The number of hydrogen-bond acceptors (Lipinski definition) is 6. The van der Waals surface area contributed by atoms with E-state index in [4.69, 9.17) is 26.5 Å². The predicted octanol–water partition coefficient (Wildman–Crippen LogP) is 4.76. The van der Waals surface area contributed by atoms with Gasteiger partial charge in [0, 0.05) is 10.6 Å². The van der Waals surface area contributed by atoms with Crippen LogP contribution < -0.4 is 0 Å². The summed E-state index contributed by atoms with van der Waals surface area (Å²) in [6.45, 7) is 3.60. The van der Waals surface area contributed by atoms with Crippen molar-refractivity contribution >= 4 is 17.5 Å². The van der Waals surface area contributed by atoms with Crippen LogP contribution in [0.1, 0.15) is 29.7 Å². The number of fused-ring (bicyclic) bond motifs is 2. The molecule has 7 heteroatoms. The Morgan fingerprint density at radius 1 is 0.967 bits per heavy atom. The van der Waals surface area contributed by atoms with Gasteiger partial charge in [0.2, 0.25) is 17.1 Å². The van der Waals surface area contributed by atoms with E-state index in [0.29, 0.717) is 16.1 Å². The lowest BCUT2D eigenvalue weighted by Crippen LogP contribution is -2.57. The molecule has 0 radical (unpaired) electrons. The third-order valence-electron chi connectivity index (χ3n) is 6.30. The summed E-state index contributed by atoms with van der Waals surface area (Å²) in [7, 11) is 0. The first kappa shape index (κ1) is 19.9. The fourth-order valence-corrected chi connectivity index (χ4v) is 4.72. The molecule has 30 heavy (non-hydrogen) atoms. The van der Waals surface area contributed by atoms with Crippen molar-refractivity contribution in [2.75, 3.05) is 0 Å². The molecule has 2 aromatic carbocycles. The second-order valence-corrected chi connectivity index (χ2v) is 8.12. The molecule has 2 aliphatic rings. The normalized spacial score (nSPS) is 31.1. The maximum atomic E-state index is 10.3. The van der Waals surface area contributed by atoms with Crippen molar-refractivity contribution in [1.29, 1.82) is 21.2 Å². The van der Waals surface area contributed by atoms with E-state index in [0.717, 1.165) is 5.56 Å². The van der Waals surface area contributed by atoms with E-state index in [2.05, 4.69) is 6.07 Å². The van der Waals surface area contributed by atoms with E-state index in [9.17, 15) is 15.8 Å². The summed E-state index contributed by atoms with van der Waals surface area (Å²) in [6, 6.07) is 20.2. The quantitative estimate of drug-likeness (QED) is 0.757. The number of benzene rings is 2. The molecule has 0 aromatic heterocycles. The summed E-state index contributed by atoms with van der Waals surface area (Å²) in [6.07, 6.45) is -1.11. The van der Waals surface area contributed by atoms with Crippen LogP contribution in [-0.4, -0.2) is 5.90 Å². The number of rotatable bonds is 2. The largest absolute Gasteiger partial charge is 0.443 e. The molecule has 6 nitrogen and oxygen atoms in total. The summed E-state index contributed by atoms with van der Waals surface area (Å²) >= 11 is 6.04. The van der Waals surface area contributed by atoms with Gasteiger partial charge in [-0.15, -0.1) is 0 Å². The highest BCUT2D eigenvalue weighted by Gasteiger charge is 2.79.